The van der Waals surface area contributed by atoms with Crippen LogP contribution in [0.4, 0.5) is 0 Å². The molecule has 1 atom stereocenters. The van der Waals surface area contributed by atoms with Crippen molar-refractivity contribution in [1.82, 2.24) is 5.32 Å². The van der Waals surface area contributed by atoms with Gasteiger partial charge in [0.2, 0.25) is 0 Å². The van der Waals surface area contributed by atoms with E-state index in [1.165, 1.54) is 24.2 Å². The number of amides is 1. The van der Waals surface area contributed by atoms with Crippen molar-refractivity contribution in [1.29, 1.82) is 0 Å². The maximum atomic E-state index is 11.6. The second-order valence-corrected chi connectivity index (χ2v) is 5.94. The third-order valence-corrected chi connectivity index (χ3v) is 4.13. The first-order valence-corrected chi connectivity index (χ1v) is 6.47. The minimum Gasteiger partial charge on any atom is -0.350 e. The van der Waals surface area contributed by atoms with Gasteiger partial charge in [-0.3, -0.25) is 4.79 Å². The molecule has 2 rings (SSSR count). The fourth-order valence-corrected chi connectivity index (χ4v) is 2.63. The van der Waals surface area contributed by atoms with Crippen molar-refractivity contribution in [2.75, 3.05) is 6.54 Å². The normalized spacial score (nSPS) is 17.5. The van der Waals surface area contributed by atoms with Gasteiger partial charge in [-0.25, -0.2) is 0 Å². The van der Waals surface area contributed by atoms with Crippen molar-refractivity contribution in [3.05, 3.63) is 21.3 Å². The van der Waals surface area contributed by atoms with Gasteiger partial charge in [0.15, 0.2) is 0 Å². The molecule has 82 valence electrons. The molecule has 1 aliphatic carbocycles. The molecule has 1 fully saturated rings. The third kappa shape index (κ3) is 3.10. The van der Waals surface area contributed by atoms with Crippen LogP contribution in [-0.4, -0.2) is 17.8 Å². The number of nitrogens with one attached hydrogen (secondary N) is 1. The third-order valence-electron chi connectivity index (χ3n) is 2.39. The minimum atomic E-state index is -0.0850. The average molecular weight is 264 g/mol. The molecule has 1 N–H and O–H groups in total. The Kier molecular flexibility index (Phi) is 3.54. The van der Waals surface area contributed by atoms with Crippen LogP contribution in [0.5, 0.6) is 0 Å². The van der Waals surface area contributed by atoms with E-state index in [9.17, 15) is 4.79 Å². The highest BCUT2D eigenvalue weighted by molar-refractivity contribution is 7.17. The highest BCUT2D eigenvalue weighted by atomic mass is 35.5. The topological polar surface area (TPSA) is 29.1 Å². The molecule has 1 aromatic heterocycles. The second kappa shape index (κ2) is 4.73. The lowest BCUT2D eigenvalue weighted by Gasteiger charge is -2.08. The molecule has 0 radical (unpaired) electrons. The van der Waals surface area contributed by atoms with Gasteiger partial charge in [-0.2, -0.15) is 0 Å². The van der Waals surface area contributed by atoms with Crippen molar-refractivity contribution >= 4 is 40.4 Å². The number of thiophene rings is 1. The number of halogens is 2. The number of rotatable bonds is 4. The first-order valence-electron chi connectivity index (χ1n) is 4.84. The van der Waals surface area contributed by atoms with E-state index in [1.807, 2.05) is 0 Å². The Hall–Kier alpha value is -0.250. The Morgan fingerprint density at radius 2 is 2.33 bits per heavy atom. The van der Waals surface area contributed by atoms with Gasteiger partial charge in [0.1, 0.15) is 0 Å². The van der Waals surface area contributed by atoms with Crippen LogP contribution >= 0.6 is 34.5 Å². The zero-order chi connectivity index (χ0) is 10.8. The summed E-state index contributed by atoms with van der Waals surface area (Å²) in [6.45, 7) is 0.542. The number of carbonyl (C=O) groups is 1. The number of alkyl halides is 1. The van der Waals surface area contributed by atoms with Crippen LogP contribution in [0.15, 0.2) is 12.1 Å². The van der Waals surface area contributed by atoms with Crippen molar-refractivity contribution in [2.24, 2.45) is 5.92 Å². The zero-order valence-electron chi connectivity index (χ0n) is 8.00. The summed E-state index contributed by atoms with van der Waals surface area (Å²) in [6, 6.07) is 3.45. The van der Waals surface area contributed by atoms with Gasteiger partial charge < -0.3 is 5.32 Å². The Labute approximate surface area is 103 Å². The lowest BCUT2D eigenvalue weighted by Crippen LogP contribution is -2.30. The van der Waals surface area contributed by atoms with E-state index >= 15 is 0 Å². The van der Waals surface area contributed by atoms with Crippen molar-refractivity contribution in [3.8, 4) is 0 Å². The van der Waals surface area contributed by atoms with Gasteiger partial charge in [0.25, 0.3) is 5.91 Å². The zero-order valence-corrected chi connectivity index (χ0v) is 10.3. The molecule has 2 nitrogen and oxygen atoms in total. The van der Waals surface area contributed by atoms with Crippen molar-refractivity contribution in [3.63, 3.8) is 0 Å². The van der Waals surface area contributed by atoms with Crippen LogP contribution in [-0.2, 0) is 0 Å². The van der Waals surface area contributed by atoms with Crippen LogP contribution in [0.1, 0.15) is 22.5 Å². The molecule has 1 heterocycles. The maximum absolute atomic E-state index is 11.6. The highest BCUT2D eigenvalue weighted by Gasteiger charge is 2.29. The molecule has 1 saturated carbocycles. The van der Waals surface area contributed by atoms with Crippen molar-refractivity contribution < 1.29 is 4.79 Å². The number of hydrogen-bond acceptors (Lipinski definition) is 2. The highest BCUT2D eigenvalue weighted by Crippen LogP contribution is 2.35. The molecule has 0 aromatic carbocycles. The molecule has 0 saturated heterocycles. The van der Waals surface area contributed by atoms with Gasteiger partial charge in [-0.05, 0) is 30.9 Å². The molecule has 5 heteroatoms. The van der Waals surface area contributed by atoms with Gasteiger partial charge in [-0.15, -0.1) is 22.9 Å². The summed E-state index contributed by atoms with van der Waals surface area (Å²) in [4.78, 5) is 12.2. The SMILES string of the molecule is O=C(NCC(Cl)C1CC1)c1ccc(Cl)s1. The van der Waals surface area contributed by atoms with E-state index in [0.29, 0.717) is 21.7 Å². The summed E-state index contributed by atoms with van der Waals surface area (Å²) in [5.41, 5.74) is 0. The summed E-state index contributed by atoms with van der Waals surface area (Å²) in [5, 5.41) is 2.89. The molecular formula is C10H11Cl2NOS. The molecule has 0 bridgehead atoms. The standard InChI is InChI=1S/C10H11Cl2NOS/c11-7(6-1-2-6)5-13-10(14)8-3-4-9(12)15-8/h3-4,6-7H,1-2,5H2,(H,13,14). The number of carbonyl (C=O) groups excluding carboxylic acids is 1. The second-order valence-electron chi connectivity index (χ2n) is 3.67. The van der Waals surface area contributed by atoms with E-state index in [0.717, 1.165) is 0 Å². The van der Waals surface area contributed by atoms with Gasteiger partial charge in [0, 0.05) is 6.54 Å². The summed E-state index contributed by atoms with van der Waals surface area (Å²) in [5.74, 6) is 0.511. The molecule has 1 aliphatic rings. The molecule has 1 aromatic rings. The molecule has 1 amide bonds. The van der Waals surface area contributed by atoms with E-state index in [1.54, 1.807) is 12.1 Å². The molecular weight excluding hydrogens is 253 g/mol. The lowest BCUT2D eigenvalue weighted by atomic mass is 10.3. The first kappa shape index (κ1) is 11.2. The monoisotopic (exact) mass is 263 g/mol. The molecule has 1 unspecified atom stereocenters. The predicted molar refractivity (Wildman–Crippen MR) is 64.0 cm³/mol. The first-order chi connectivity index (χ1) is 7.16. The van der Waals surface area contributed by atoms with Crippen molar-refractivity contribution in [2.45, 2.75) is 18.2 Å². The van der Waals surface area contributed by atoms with Crippen LogP contribution in [0.3, 0.4) is 0 Å². The Bertz CT molecular complexity index is 362. The van der Waals surface area contributed by atoms with Crippen LogP contribution in [0, 0.1) is 5.92 Å². The summed E-state index contributed by atoms with van der Waals surface area (Å²) in [7, 11) is 0. The van der Waals surface area contributed by atoms with Gasteiger partial charge in [0.05, 0.1) is 14.6 Å². The van der Waals surface area contributed by atoms with E-state index in [4.69, 9.17) is 23.2 Å². The smallest absolute Gasteiger partial charge is 0.261 e. The molecule has 0 aliphatic heterocycles. The summed E-state index contributed by atoms with van der Waals surface area (Å²) >= 11 is 13.1. The predicted octanol–water partition coefficient (Wildman–Crippen LogP) is 3.15. The Morgan fingerprint density at radius 3 is 2.87 bits per heavy atom. The van der Waals surface area contributed by atoms with E-state index in [2.05, 4.69) is 5.32 Å². The molecule has 0 spiro atoms. The minimum absolute atomic E-state index is 0.0735. The Morgan fingerprint density at radius 1 is 1.60 bits per heavy atom. The largest absolute Gasteiger partial charge is 0.350 e. The maximum Gasteiger partial charge on any atom is 0.261 e. The average Bonchev–Trinajstić information content (AvgIpc) is 2.97. The van der Waals surface area contributed by atoms with Crippen LogP contribution in [0.2, 0.25) is 4.34 Å². The van der Waals surface area contributed by atoms with Crippen LogP contribution < -0.4 is 5.32 Å². The van der Waals surface area contributed by atoms with Crippen LogP contribution in [0.25, 0.3) is 0 Å². The fraction of sp³-hybridized carbons (Fsp3) is 0.500. The summed E-state index contributed by atoms with van der Waals surface area (Å²) in [6.07, 6.45) is 2.38. The molecule has 15 heavy (non-hydrogen) atoms. The number of hydrogen-bond donors (Lipinski definition) is 1. The van der Waals surface area contributed by atoms with E-state index in [-0.39, 0.29) is 11.3 Å². The lowest BCUT2D eigenvalue weighted by molar-refractivity contribution is 0.0957. The quantitative estimate of drug-likeness (QED) is 0.831. The summed E-state index contributed by atoms with van der Waals surface area (Å²) < 4.78 is 0.629. The Balaban J connectivity index is 1.81. The fourth-order valence-electron chi connectivity index (χ4n) is 1.34. The van der Waals surface area contributed by atoms with Gasteiger partial charge >= 0.3 is 0 Å². The van der Waals surface area contributed by atoms with Gasteiger partial charge in [-0.1, -0.05) is 11.6 Å². The van der Waals surface area contributed by atoms with E-state index < -0.39 is 0 Å².